The average Bonchev–Trinajstić information content (AvgIpc) is 2.46. The van der Waals surface area contributed by atoms with Crippen molar-refractivity contribution >= 4 is 21.2 Å². The Bertz CT molecular complexity index is 791. The molecule has 108 valence electrons. The van der Waals surface area contributed by atoms with Crippen LogP contribution in [0.15, 0.2) is 47.4 Å². The maximum absolute atomic E-state index is 11.4. The number of rotatable bonds is 4. The first-order chi connectivity index (χ1) is 9.90. The van der Waals surface area contributed by atoms with Gasteiger partial charge in [0.05, 0.1) is 10.5 Å². The minimum Gasteiger partial charge on any atom is -0.398 e. The second kappa shape index (κ2) is 5.85. The largest absolute Gasteiger partial charge is 0.398 e. The lowest BCUT2D eigenvalue weighted by molar-refractivity contribution is 0.602. The molecule has 0 saturated carbocycles. The lowest BCUT2D eigenvalue weighted by Crippen LogP contribution is -2.02. The van der Waals surface area contributed by atoms with Crippen LogP contribution in [0.2, 0.25) is 0 Å². The Hall–Kier alpha value is -2.52. The molecule has 0 saturated heterocycles. The van der Waals surface area contributed by atoms with Gasteiger partial charge in [0.2, 0.25) is 0 Å². The van der Waals surface area contributed by atoms with E-state index in [1.165, 1.54) is 6.26 Å². The van der Waals surface area contributed by atoms with Gasteiger partial charge >= 0.3 is 0 Å². The quantitative estimate of drug-likeness (QED) is 0.844. The number of nitrogens with zero attached hydrogens (tertiary/aromatic N) is 1. The topological polar surface area (TPSA) is 96.0 Å². The second-order valence-corrected chi connectivity index (χ2v) is 6.70. The van der Waals surface area contributed by atoms with Gasteiger partial charge in [0.1, 0.15) is 6.07 Å². The van der Waals surface area contributed by atoms with E-state index in [0.29, 0.717) is 22.7 Å². The zero-order chi connectivity index (χ0) is 15.5. The molecular formula is C15H15N3O2S. The van der Waals surface area contributed by atoms with Crippen molar-refractivity contribution in [1.29, 1.82) is 5.26 Å². The first kappa shape index (κ1) is 14.9. The summed E-state index contributed by atoms with van der Waals surface area (Å²) in [5.74, 6) is 0. The van der Waals surface area contributed by atoms with Crippen molar-refractivity contribution in [2.45, 2.75) is 11.4 Å². The molecule has 21 heavy (non-hydrogen) atoms. The molecule has 0 heterocycles. The summed E-state index contributed by atoms with van der Waals surface area (Å²) in [6.45, 7) is 0.527. The average molecular weight is 301 g/mol. The number of nitriles is 1. The van der Waals surface area contributed by atoms with Crippen LogP contribution in [0.4, 0.5) is 11.4 Å². The predicted octanol–water partition coefficient (Wildman–Crippen LogP) is 2.16. The van der Waals surface area contributed by atoms with Crippen molar-refractivity contribution in [3.63, 3.8) is 0 Å². The van der Waals surface area contributed by atoms with Crippen molar-refractivity contribution in [3.05, 3.63) is 53.6 Å². The summed E-state index contributed by atoms with van der Waals surface area (Å²) >= 11 is 0. The zero-order valence-electron chi connectivity index (χ0n) is 11.5. The highest BCUT2D eigenvalue weighted by atomic mass is 32.2. The van der Waals surface area contributed by atoms with E-state index in [1.54, 1.807) is 42.5 Å². The van der Waals surface area contributed by atoms with Gasteiger partial charge < -0.3 is 11.1 Å². The smallest absolute Gasteiger partial charge is 0.175 e. The Morgan fingerprint density at radius 1 is 1.19 bits per heavy atom. The molecule has 0 atom stereocenters. The van der Waals surface area contributed by atoms with Gasteiger partial charge in [0, 0.05) is 24.2 Å². The van der Waals surface area contributed by atoms with Gasteiger partial charge in [-0.3, -0.25) is 0 Å². The number of hydrogen-bond acceptors (Lipinski definition) is 5. The predicted molar refractivity (Wildman–Crippen MR) is 82.4 cm³/mol. The second-order valence-electron chi connectivity index (χ2n) is 4.68. The summed E-state index contributed by atoms with van der Waals surface area (Å²) in [7, 11) is -3.17. The molecule has 0 radical (unpaired) electrons. The molecule has 0 amide bonds. The SMILES string of the molecule is CS(=O)(=O)c1ccc(CNc2ccc(N)c(C#N)c2)cc1. The molecule has 6 heteroatoms. The number of sulfone groups is 1. The van der Waals surface area contributed by atoms with Crippen molar-refractivity contribution in [2.24, 2.45) is 0 Å². The van der Waals surface area contributed by atoms with E-state index in [4.69, 9.17) is 11.0 Å². The zero-order valence-corrected chi connectivity index (χ0v) is 12.3. The third-order valence-corrected chi connectivity index (χ3v) is 4.15. The van der Waals surface area contributed by atoms with E-state index in [1.807, 2.05) is 6.07 Å². The molecule has 0 fully saturated rings. The highest BCUT2D eigenvalue weighted by Crippen LogP contribution is 2.18. The number of nitrogens with one attached hydrogen (secondary N) is 1. The van der Waals surface area contributed by atoms with E-state index in [2.05, 4.69) is 5.32 Å². The summed E-state index contributed by atoms with van der Waals surface area (Å²) in [6, 6.07) is 13.8. The van der Waals surface area contributed by atoms with Crippen molar-refractivity contribution in [1.82, 2.24) is 0 Å². The Labute approximate surface area is 123 Å². The first-order valence-electron chi connectivity index (χ1n) is 6.22. The lowest BCUT2D eigenvalue weighted by Gasteiger charge is -2.08. The number of nitrogen functional groups attached to an aromatic ring is 1. The minimum absolute atomic E-state index is 0.297. The molecule has 2 aromatic carbocycles. The molecule has 0 spiro atoms. The van der Waals surface area contributed by atoms with Crippen LogP contribution >= 0.6 is 0 Å². The maximum Gasteiger partial charge on any atom is 0.175 e. The van der Waals surface area contributed by atoms with E-state index in [0.717, 1.165) is 11.3 Å². The summed E-state index contributed by atoms with van der Waals surface area (Å²) in [5.41, 5.74) is 8.25. The van der Waals surface area contributed by atoms with Crippen LogP contribution in [0.3, 0.4) is 0 Å². The van der Waals surface area contributed by atoms with Gasteiger partial charge in [0.15, 0.2) is 9.84 Å². The standard InChI is InChI=1S/C15H15N3O2S/c1-21(19,20)14-5-2-11(3-6-14)10-18-13-4-7-15(17)12(8-13)9-16/h2-8,18H,10,17H2,1H3. The van der Waals surface area contributed by atoms with Gasteiger partial charge in [-0.05, 0) is 35.9 Å². The molecule has 0 aliphatic carbocycles. The Balaban J connectivity index is 2.09. The van der Waals surface area contributed by atoms with Gasteiger partial charge in [0.25, 0.3) is 0 Å². The summed E-state index contributed by atoms with van der Waals surface area (Å²) in [6.07, 6.45) is 1.18. The van der Waals surface area contributed by atoms with Crippen LogP contribution in [0.1, 0.15) is 11.1 Å². The molecule has 2 aromatic rings. The number of benzene rings is 2. The molecule has 2 rings (SSSR count). The number of anilines is 2. The number of hydrogen-bond donors (Lipinski definition) is 2. The van der Waals surface area contributed by atoms with E-state index in [9.17, 15) is 8.42 Å². The third-order valence-electron chi connectivity index (χ3n) is 3.02. The van der Waals surface area contributed by atoms with Crippen molar-refractivity contribution < 1.29 is 8.42 Å². The van der Waals surface area contributed by atoms with Crippen LogP contribution < -0.4 is 11.1 Å². The highest BCUT2D eigenvalue weighted by Gasteiger charge is 2.06. The molecule has 0 aliphatic heterocycles. The van der Waals surface area contributed by atoms with Crippen LogP contribution in [0.5, 0.6) is 0 Å². The summed E-state index contributed by atoms with van der Waals surface area (Å²) in [4.78, 5) is 0.297. The molecule has 0 bridgehead atoms. The van der Waals surface area contributed by atoms with Crippen LogP contribution in [-0.4, -0.2) is 14.7 Å². The van der Waals surface area contributed by atoms with Crippen LogP contribution in [0, 0.1) is 11.3 Å². The summed E-state index contributed by atoms with van der Waals surface area (Å²) in [5, 5.41) is 12.1. The van der Waals surface area contributed by atoms with Crippen molar-refractivity contribution in [3.8, 4) is 6.07 Å². The fraction of sp³-hybridized carbons (Fsp3) is 0.133. The van der Waals surface area contributed by atoms with Gasteiger partial charge in [-0.1, -0.05) is 12.1 Å². The Morgan fingerprint density at radius 3 is 2.43 bits per heavy atom. The molecule has 0 unspecified atom stereocenters. The fourth-order valence-corrected chi connectivity index (χ4v) is 2.45. The van der Waals surface area contributed by atoms with E-state index < -0.39 is 9.84 Å². The number of nitrogens with two attached hydrogens (primary N) is 1. The molecular weight excluding hydrogens is 286 g/mol. The maximum atomic E-state index is 11.4. The highest BCUT2D eigenvalue weighted by molar-refractivity contribution is 7.90. The Kier molecular flexibility index (Phi) is 4.15. The van der Waals surface area contributed by atoms with Crippen LogP contribution in [0.25, 0.3) is 0 Å². The normalized spacial score (nSPS) is 10.9. The van der Waals surface area contributed by atoms with Gasteiger partial charge in [-0.25, -0.2) is 8.42 Å². The minimum atomic E-state index is -3.17. The molecule has 0 aromatic heterocycles. The van der Waals surface area contributed by atoms with Crippen molar-refractivity contribution in [2.75, 3.05) is 17.3 Å². The van der Waals surface area contributed by atoms with E-state index in [-0.39, 0.29) is 0 Å². The molecule has 3 N–H and O–H groups in total. The van der Waals surface area contributed by atoms with Gasteiger partial charge in [-0.15, -0.1) is 0 Å². The fourth-order valence-electron chi connectivity index (χ4n) is 1.82. The summed E-state index contributed by atoms with van der Waals surface area (Å²) < 4.78 is 22.7. The Morgan fingerprint density at radius 2 is 1.86 bits per heavy atom. The molecule has 5 nitrogen and oxygen atoms in total. The first-order valence-corrected chi connectivity index (χ1v) is 8.12. The van der Waals surface area contributed by atoms with E-state index >= 15 is 0 Å². The lowest BCUT2D eigenvalue weighted by atomic mass is 10.1. The van der Waals surface area contributed by atoms with Crippen LogP contribution in [-0.2, 0) is 16.4 Å². The monoisotopic (exact) mass is 301 g/mol. The third kappa shape index (κ3) is 3.74. The molecule has 0 aliphatic rings. The van der Waals surface area contributed by atoms with Gasteiger partial charge in [-0.2, -0.15) is 5.26 Å².